The molecule has 0 N–H and O–H groups in total. The van der Waals surface area contributed by atoms with Gasteiger partial charge in [0.25, 0.3) is 0 Å². The van der Waals surface area contributed by atoms with E-state index in [9.17, 15) is 0 Å². The lowest BCUT2D eigenvalue weighted by Gasteiger charge is -2.23. The van der Waals surface area contributed by atoms with Crippen molar-refractivity contribution < 1.29 is 4.43 Å². The molecule has 0 saturated carbocycles. The van der Waals surface area contributed by atoms with Gasteiger partial charge in [0.2, 0.25) is 9.76 Å². The SMILES string of the molecule is C=Cc1ccc(O[SiH2]C(C)(C)CCC)cc1. The Morgan fingerprint density at radius 1 is 1.31 bits per heavy atom. The lowest BCUT2D eigenvalue weighted by atomic mass is 10.1. The minimum Gasteiger partial charge on any atom is -0.549 e. The van der Waals surface area contributed by atoms with Gasteiger partial charge in [0, 0.05) is 0 Å². The van der Waals surface area contributed by atoms with E-state index in [-0.39, 0.29) is 0 Å². The van der Waals surface area contributed by atoms with Gasteiger partial charge in [-0.2, -0.15) is 0 Å². The third-order valence-electron chi connectivity index (χ3n) is 2.67. The smallest absolute Gasteiger partial charge is 0.225 e. The Balaban J connectivity index is 2.51. The number of benzene rings is 1. The van der Waals surface area contributed by atoms with E-state index >= 15 is 0 Å². The molecule has 0 fully saturated rings. The molecule has 0 bridgehead atoms. The third-order valence-corrected chi connectivity index (χ3v) is 4.28. The van der Waals surface area contributed by atoms with Crippen molar-refractivity contribution in [3.05, 3.63) is 36.4 Å². The first-order valence-electron chi connectivity index (χ1n) is 5.93. The van der Waals surface area contributed by atoms with E-state index in [1.807, 2.05) is 30.3 Å². The first-order valence-corrected chi connectivity index (χ1v) is 7.21. The van der Waals surface area contributed by atoms with E-state index in [4.69, 9.17) is 4.43 Å². The summed E-state index contributed by atoms with van der Waals surface area (Å²) < 4.78 is 5.93. The van der Waals surface area contributed by atoms with Gasteiger partial charge in [-0.3, -0.25) is 0 Å². The number of hydrogen-bond acceptors (Lipinski definition) is 1. The van der Waals surface area contributed by atoms with E-state index in [0.717, 1.165) is 11.3 Å². The highest BCUT2D eigenvalue weighted by Crippen LogP contribution is 2.29. The van der Waals surface area contributed by atoms with Crippen LogP contribution in [0.15, 0.2) is 30.8 Å². The van der Waals surface area contributed by atoms with Crippen molar-refractivity contribution in [3.8, 4) is 5.75 Å². The van der Waals surface area contributed by atoms with Gasteiger partial charge >= 0.3 is 0 Å². The summed E-state index contributed by atoms with van der Waals surface area (Å²) in [5.41, 5.74) is 1.14. The molecular weight excluding hydrogens is 212 g/mol. The van der Waals surface area contributed by atoms with Crippen molar-refractivity contribution in [2.24, 2.45) is 0 Å². The summed E-state index contributed by atoms with van der Waals surface area (Å²) in [6, 6.07) is 8.16. The molecule has 1 aromatic rings. The number of hydrogen-bond donors (Lipinski definition) is 0. The molecule has 0 aliphatic carbocycles. The third kappa shape index (κ3) is 4.23. The molecule has 0 radical (unpaired) electrons. The first-order chi connectivity index (χ1) is 7.57. The Morgan fingerprint density at radius 3 is 2.44 bits per heavy atom. The van der Waals surface area contributed by atoms with Crippen LogP contribution in [-0.4, -0.2) is 9.76 Å². The van der Waals surface area contributed by atoms with Crippen molar-refractivity contribution in [2.45, 2.75) is 38.7 Å². The molecule has 16 heavy (non-hydrogen) atoms. The van der Waals surface area contributed by atoms with Crippen LogP contribution in [0.5, 0.6) is 5.75 Å². The molecule has 1 aromatic carbocycles. The summed E-state index contributed by atoms with van der Waals surface area (Å²) in [5, 5.41) is 0.395. The minimum absolute atomic E-state index is 0.395. The van der Waals surface area contributed by atoms with Gasteiger partial charge in [0.1, 0.15) is 5.75 Å². The first kappa shape index (κ1) is 13.0. The Bertz CT molecular complexity index is 327. The highest BCUT2D eigenvalue weighted by molar-refractivity contribution is 6.33. The molecule has 2 heteroatoms. The molecule has 0 aromatic heterocycles. The molecule has 88 valence electrons. The van der Waals surface area contributed by atoms with Crippen LogP contribution in [0.3, 0.4) is 0 Å². The van der Waals surface area contributed by atoms with Crippen molar-refractivity contribution in [1.82, 2.24) is 0 Å². The van der Waals surface area contributed by atoms with Gasteiger partial charge in [-0.05, 0) is 29.2 Å². The predicted molar refractivity (Wildman–Crippen MR) is 74.7 cm³/mol. The molecule has 0 spiro atoms. The minimum atomic E-state index is -0.514. The van der Waals surface area contributed by atoms with Crippen LogP contribution in [0, 0.1) is 0 Å². The predicted octanol–water partition coefficient (Wildman–Crippen LogP) is 3.79. The number of rotatable bonds is 6. The van der Waals surface area contributed by atoms with Crippen molar-refractivity contribution in [2.75, 3.05) is 0 Å². The maximum atomic E-state index is 5.93. The fourth-order valence-electron chi connectivity index (χ4n) is 1.73. The van der Waals surface area contributed by atoms with Crippen LogP contribution in [-0.2, 0) is 0 Å². The zero-order valence-corrected chi connectivity index (χ0v) is 12.0. The Kier molecular flexibility index (Phi) is 4.81. The van der Waals surface area contributed by atoms with Crippen LogP contribution < -0.4 is 4.43 Å². The van der Waals surface area contributed by atoms with Crippen molar-refractivity contribution in [1.29, 1.82) is 0 Å². The molecule has 0 amide bonds. The molecule has 0 atom stereocenters. The fourth-order valence-corrected chi connectivity index (χ4v) is 2.98. The van der Waals surface area contributed by atoms with Gasteiger partial charge in [0.15, 0.2) is 0 Å². The zero-order chi connectivity index (χ0) is 12.0. The van der Waals surface area contributed by atoms with E-state index < -0.39 is 9.76 Å². The molecule has 0 saturated heterocycles. The molecule has 1 nitrogen and oxygen atoms in total. The van der Waals surface area contributed by atoms with Gasteiger partial charge in [-0.15, -0.1) is 0 Å². The topological polar surface area (TPSA) is 9.23 Å². The molecule has 1 rings (SSSR count). The van der Waals surface area contributed by atoms with Crippen LogP contribution in [0.1, 0.15) is 39.2 Å². The van der Waals surface area contributed by atoms with Gasteiger partial charge in [-0.25, -0.2) is 0 Å². The highest BCUT2D eigenvalue weighted by atomic mass is 28.2. The summed E-state index contributed by atoms with van der Waals surface area (Å²) in [4.78, 5) is 0. The van der Waals surface area contributed by atoms with Gasteiger partial charge in [-0.1, -0.05) is 52.0 Å². The summed E-state index contributed by atoms with van der Waals surface area (Å²) in [5.74, 6) is 1.00. The maximum Gasteiger partial charge on any atom is 0.225 e. The van der Waals surface area contributed by atoms with Gasteiger partial charge in [0.05, 0.1) is 0 Å². The second-order valence-corrected chi connectivity index (χ2v) is 7.47. The van der Waals surface area contributed by atoms with Crippen LogP contribution in [0.25, 0.3) is 6.08 Å². The molecule has 0 aliphatic heterocycles. The largest absolute Gasteiger partial charge is 0.549 e. The normalized spacial score (nSPS) is 11.9. The summed E-state index contributed by atoms with van der Waals surface area (Å²) >= 11 is 0. The zero-order valence-electron chi connectivity index (χ0n) is 10.6. The van der Waals surface area contributed by atoms with E-state index in [1.54, 1.807) is 0 Å². The van der Waals surface area contributed by atoms with E-state index in [1.165, 1.54) is 12.8 Å². The molecule has 0 aliphatic rings. The highest BCUT2D eigenvalue weighted by Gasteiger charge is 2.18. The Labute approximate surface area is 101 Å². The van der Waals surface area contributed by atoms with Gasteiger partial charge < -0.3 is 4.43 Å². The van der Waals surface area contributed by atoms with E-state index in [2.05, 4.69) is 27.4 Å². The van der Waals surface area contributed by atoms with Crippen LogP contribution in [0.2, 0.25) is 5.04 Å². The quantitative estimate of drug-likeness (QED) is 0.680. The summed E-state index contributed by atoms with van der Waals surface area (Å²) in [6.45, 7) is 10.6. The average Bonchev–Trinajstić information content (AvgIpc) is 2.27. The molecule has 0 heterocycles. The van der Waals surface area contributed by atoms with Crippen molar-refractivity contribution >= 4 is 15.8 Å². The molecular formula is C14H22OSi. The summed E-state index contributed by atoms with van der Waals surface area (Å²) in [6.07, 6.45) is 4.34. The summed E-state index contributed by atoms with van der Waals surface area (Å²) in [7, 11) is -0.514. The second-order valence-electron chi connectivity index (χ2n) is 4.98. The second kappa shape index (κ2) is 5.90. The standard InChI is InChI=1S/C14H22OSi/c1-5-11-14(3,4)16-15-13-9-7-12(6-2)8-10-13/h6-10H,2,5,11,16H2,1,3-4H3. The average molecular weight is 234 g/mol. The lowest BCUT2D eigenvalue weighted by Crippen LogP contribution is -2.18. The fraction of sp³-hybridized carbons (Fsp3) is 0.429. The molecule has 0 unspecified atom stereocenters. The van der Waals surface area contributed by atoms with Crippen molar-refractivity contribution in [3.63, 3.8) is 0 Å². The Morgan fingerprint density at radius 2 is 1.94 bits per heavy atom. The van der Waals surface area contributed by atoms with Crippen LogP contribution in [0.4, 0.5) is 0 Å². The van der Waals surface area contributed by atoms with E-state index in [0.29, 0.717) is 5.04 Å². The monoisotopic (exact) mass is 234 g/mol. The van der Waals surface area contributed by atoms with Crippen LogP contribution >= 0.6 is 0 Å². The lowest BCUT2D eigenvalue weighted by molar-refractivity contribution is 0.500. The maximum absolute atomic E-state index is 5.93. The Hall–Kier alpha value is -1.02.